The first kappa shape index (κ1) is 18.7. The zero-order valence-corrected chi connectivity index (χ0v) is 14.5. The lowest BCUT2D eigenvalue weighted by molar-refractivity contribution is -0.384. The quantitative estimate of drug-likeness (QED) is 0.412. The molecule has 0 atom stereocenters. The smallest absolute Gasteiger partial charge is 0.269 e. The summed E-state index contributed by atoms with van der Waals surface area (Å²) in [4.78, 5) is 19.1. The molecule has 0 unspecified atom stereocenters. The van der Waals surface area contributed by atoms with E-state index in [-0.39, 0.29) is 11.4 Å². The Hall–Kier alpha value is -2.59. The maximum Gasteiger partial charge on any atom is 0.269 e. The van der Waals surface area contributed by atoms with Crippen LogP contribution in [0, 0.1) is 10.1 Å². The van der Waals surface area contributed by atoms with Gasteiger partial charge in [-0.2, -0.15) is 0 Å². The summed E-state index contributed by atoms with van der Waals surface area (Å²) in [6.45, 7) is 2.35. The van der Waals surface area contributed by atoms with Crippen molar-refractivity contribution in [1.29, 1.82) is 0 Å². The van der Waals surface area contributed by atoms with Crippen LogP contribution in [0.1, 0.15) is 19.0 Å². The number of rotatable bonds is 8. The Balaban J connectivity index is 2.17. The molecule has 3 N–H and O–H groups in total. The maximum atomic E-state index is 10.9. The standard InChI is InChI=1S/C15H19N5O4S/c1-2-12-10-14(17-8-3-9-25(16,23)24)19-15(18-12)11-4-6-13(7-5-11)20(21)22/h4-7,10H,2-3,8-9H2,1H3,(H2,16,23,24)(H,17,18,19). The number of aromatic nitrogens is 2. The first-order valence-electron chi connectivity index (χ1n) is 7.65. The molecule has 2 aromatic rings. The summed E-state index contributed by atoms with van der Waals surface area (Å²) in [6.07, 6.45) is 1.05. The van der Waals surface area contributed by atoms with Gasteiger partial charge in [0.05, 0.1) is 10.7 Å². The molecule has 2 rings (SSSR count). The molecule has 0 bridgehead atoms. The lowest BCUT2D eigenvalue weighted by Gasteiger charge is -2.09. The average molecular weight is 365 g/mol. The number of hydrogen-bond acceptors (Lipinski definition) is 7. The minimum atomic E-state index is -3.48. The summed E-state index contributed by atoms with van der Waals surface area (Å²) >= 11 is 0. The second kappa shape index (κ2) is 7.99. The number of nitrogens with two attached hydrogens (primary N) is 1. The van der Waals surface area contributed by atoms with Gasteiger partial charge in [0.1, 0.15) is 5.82 Å². The number of benzene rings is 1. The molecule has 0 aliphatic rings. The van der Waals surface area contributed by atoms with E-state index in [1.54, 1.807) is 18.2 Å². The fraction of sp³-hybridized carbons (Fsp3) is 0.333. The minimum Gasteiger partial charge on any atom is -0.370 e. The molecule has 0 saturated carbocycles. The monoisotopic (exact) mass is 365 g/mol. The predicted molar refractivity (Wildman–Crippen MR) is 94.6 cm³/mol. The van der Waals surface area contributed by atoms with Crippen LogP contribution >= 0.6 is 0 Å². The van der Waals surface area contributed by atoms with Crippen molar-refractivity contribution in [3.05, 3.63) is 46.1 Å². The van der Waals surface area contributed by atoms with Crippen molar-refractivity contribution in [2.24, 2.45) is 5.14 Å². The molecule has 1 heterocycles. The summed E-state index contributed by atoms with van der Waals surface area (Å²) in [5, 5.41) is 18.8. The second-order valence-corrected chi connectivity index (χ2v) is 7.11. The van der Waals surface area contributed by atoms with Crippen LogP contribution in [0.15, 0.2) is 30.3 Å². The van der Waals surface area contributed by atoms with E-state index in [1.807, 2.05) is 6.92 Å². The molecule has 0 aliphatic carbocycles. The number of nitro groups is 1. The number of non-ortho nitro benzene ring substituents is 1. The predicted octanol–water partition coefficient (Wildman–Crippen LogP) is 1.70. The van der Waals surface area contributed by atoms with Gasteiger partial charge in [-0.15, -0.1) is 0 Å². The van der Waals surface area contributed by atoms with Crippen molar-refractivity contribution >= 4 is 21.5 Å². The lowest BCUT2D eigenvalue weighted by Crippen LogP contribution is -2.19. The molecule has 134 valence electrons. The highest BCUT2D eigenvalue weighted by Crippen LogP contribution is 2.21. The Labute approximate surface area is 145 Å². The number of nitro benzene ring substituents is 1. The van der Waals surface area contributed by atoms with Gasteiger partial charge in [-0.25, -0.2) is 23.5 Å². The fourth-order valence-electron chi connectivity index (χ4n) is 2.12. The lowest BCUT2D eigenvalue weighted by atomic mass is 10.2. The first-order chi connectivity index (χ1) is 11.8. The highest BCUT2D eigenvalue weighted by molar-refractivity contribution is 7.89. The Morgan fingerprint density at radius 3 is 2.48 bits per heavy atom. The Bertz CT molecular complexity index is 853. The van der Waals surface area contributed by atoms with Gasteiger partial charge in [-0.1, -0.05) is 6.92 Å². The van der Waals surface area contributed by atoms with Gasteiger partial charge in [0, 0.05) is 36.0 Å². The Kier molecular flexibility index (Phi) is 5.99. The van der Waals surface area contributed by atoms with E-state index in [0.29, 0.717) is 36.6 Å². The number of primary sulfonamides is 1. The van der Waals surface area contributed by atoms with Crippen molar-refractivity contribution in [2.75, 3.05) is 17.6 Å². The minimum absolute atomic E-state index is 0.00302. The summed E-state index contributed by atoms with van der Waals surface area (Å²) in [5.41, 5.74) is 1.46. The van der Waals surface area contributed by atoms with E-state index in [0.717, 1.165) is 5.69 Å². The molecule has 0 radical (unpaired) electrons. The van der Waals surface area contributed by atoms with E-state index in [2.05, 4.69) is 15.3 Å². The summed E-state index contributed by atoms with van der Waals surface area (Å²) in [6, 6.07) is 7.77. The summed E-state index contributed by atoms with van der Waals surface area (Å²) < 4.78 is 21.9. The molecule has 9 nitrogen and oxygen atoms in total. The highest BCUT2D eigenvalue weighted by Gasteiger charge is 2.10. The zero-order chi connectivity index (χ0) is 18.4. The van der Waals surface area contributed by atoms with Crippen LogP contribution in [0.2, 0.25) is 0 Å². The molecule has 1 aromatic heterocycles. The number of sulfonamides is 1. The number of anilines is 1. The normalized spacial score (nSPS) is 11.3. The third kappa shape index (κ3) is 5.76. The third-order valence-electron chi connectivity index (χ3n) is 3.39. The molecule has 0 saturated heterocycles. The van der Waals surface area contributed by atoms with E-state index >= 15 is 0 Å². The van der Waals surface area contributed by atoms with E-state index < -0.39 is 14.9 Å². The Morgan fingerprint density at radius 2 is 1.92 bits per heavy atom. The van der Waals surface area contributed by atoms with E-state index in [4.69, 9.17) is 5.14 Å². The topological polar surface area (TPSA) is 141 Å². The molecule has 10 heteroatoms. The molecular formula is C15H19N5O4S. The van der Waals surface area contributed by atoms with Crippen LogP contribution in [0.3, 0.4) is 0 Å². The molecule has 0 spiro atoms. The van der Waals surface area contributed by atoms with Crippen LogP contribution in [-0.2, 0) is 16.4 Å². The number of hydrogen-bond donors (Lipinski definition) is 2. The van der Waals surface area contributed by atoms with Crippen molar-refractivity contribution in [2.45, 2.75) is 19.8 Å². The number of nitrogens with zero attached hydrogens (tertiary/aromatic N) is 3. The fourth-order valence-corrected chi connectivity index (χ4v) is 2.67. The molecule has 0 amide bonds. The second-order valence-electron chi connectivity index (χ2n) is 5.37. The Morgan fingerprint density at radius 1 is 1.24 bits per heavy atom. The van der Waals surface area contributed by atoms with Gasteiger partial charge in [0.25, 0.3) is 5.69 Å². The average Bonchev–Trinajstić information content (AvgIpc) is 2.57. The first-order valence-corrected chi connectivity index (χ1v) is 9.37. The highest BCUT2D eigenvalue weighted by atomic mass is 32.2. The van der Waals surface area contributed by atoms with E-state index in [9.17, 15) is 18.5 Å². The third-order valence-corrected chi connectivity index (χ3v) is 4.25. The van der Waals surface area contributed by atoms with Crippen molar-refractivity contribution in [1.82, 2.24) is 9.97 Å². The van der Waals surface area contributed by atoms with Gasteiger partial charge >= 0.3 is 0 Å². The summed E-state index contributed by atoms with van der Waals surface area (Å²) in [5.74, 6) is 0.902. The molecule has 1 aromatic carbocycles. The van der Waals surface area contributed by atoms with Gasteiger partial charge in [0.2, 0.25) is 10.0 Å². The van der Waals surface area contributed by atoms with Crippen molar-refractivity contribution in [3.8, 4) is 11.4 Å². The number of nitrogens with one attached hydrogen (secondary N) is 1. The van der Waals surface area contributed by atoms with Crippen LogP contribution < -0.4 is 10.5 Å². The van der Waals surface area contributed by atoms with Gasteiger partial charge in [-0.05, 0) is 25.0 Å². The largest absolute Gasteiger partial charge is 0.370 e. The molecule has 0 aliphatic heterocycles. The van der Waals surface area contributed by atoms with Crippen molar-refractivity contribution < 1.29 is 13.3 Å². The summed E-state index contributed by atoms with van der Waals surface area (Å²) in [7, 11) is -3.48. The molecular weight excluding hydrogens is 346 g/mol. The maximum absolute atomic E-state index is 10.9. The number of aryl methyl sites for hydroxylation is 1. The van der Waals surface area contributed by atoms with Crippen LogP contribution in [-0.4, -0.2) is 35.6 Å². The van der Waals surface area contributed by atoms with E-state index in [1.165, 1.54) is 12.1 Å². The SMILES string of the molecule is CCc1cc(NCCCS(N)(=O)=O)nc(-c2ccc([N+](=O)[O-])cc2)n1. The van der Waals surface area contributed by atoms with Crippen molar-refractivity contribution in [3.63, 3.8) is 0 Å². The van der Waals surface area contributed by atoms with Gasteiger partial charge in [-0.3, -0.25) is 10.1 Å². The van der Waals surface area contributed by atoms with Gasteiger partial charge < -0.3 is 5.32 Å². The van der Waals surface area contributed by atoms with Crippen LogP contribution in [0.4, 0.5) is 11.5 Å². The molecule has 25 heavy (non-hydrogen) atoms. The molecule has 0 fully saturated rings. The zero-order valence-electron chi connectivity index (χ0n) is 13.7. The van der Waals surface area contributed by atoms with Crippen LogP contribution in [0.5, 0.6) is 0 Å². The van der Waals surface area contributed by atoms with Crippen LogP contribution in [0.25, 0.3) is 11.4 Å². The van der Waals surface area contributed by atoms with Gasteiger partial charge in [0.15, 0.2) is 5.82 Å².